The molecule has 0 amide bonds. The van der Waals surface area contributed by atoms with Crippen molar-refractivity contribution >= 4 is 12.6 Å². The summed E-state index contributed by atoms with van der Waals surface area (Å²) < 4.78 is 16.9. The zero-order chi connectivity index (χ0) is 13.6. The third kappa shape index (κ3) is 1.95. The van der Waals surface area contributed by atoms with Crippen LogP contribution in [0.5, 0.6) is 5.88 Å². The Labute approximate surface area is 107 Å². The molecule has 98 valence electrons. The van der Waals surface area contributed by atoms with Crippen molar-refractivity contribution in [3.63, 3.8) is 0 Å². The lowest BCUT2D eigenvalue weighted by Crippen LogP contribution is -2.44. The lowest BCUT2D eigenvalue weighted by atomic mass is 9.79. The minimum Gasteiger partial charge on any atom is -0.482 e. The fourth-order valence-electron chi connectivity index (χ4n) is 1.83. The number of methoxy groups -OCH3 is 1. The maximum atomic E-state index is 11.9. The van der Waals surface area contributed by atoms with Crippen LogP contribution in [-0.4, -0.2) is 30.4 Å². The van der Waals surface area contributed by atoms with Gasteiger partial charge in [-0.05, 0) is 27.7 Å². The molecule has 1 saturated heterocycles. The maximum absolute atomic E-state index is 11.9. The summed E-state index contributed by atoms with van der Waals surface area (Å²) in [6.07, 6.45) is 1.54. The highest BCUT2D eigenvalue weighted by molar-refractivity contribution is 6.62. The van der Waals surface area contributed by atoms with Gasteiger partial charge in [-0.1, -0.05) is 0 Å². The number of aromatic amines is 1. The number of pyridine rings is 1. The van der Waals surface area contributed by atoms with E-state index in [0.29, 0.717) is 11.3 Å². The fraction of sp³-hybridized carbons (Fsp3) is 0.583. The lowest BCUT2D eigenvalue weighted by molar-refractivity contribution is 0.00578. The molecule has 0 spiro atoms. The summed E-state index contributed by atoms with van der Waals surface area (Å²) in [6, 6.07) is 1.43. The molecule has 0 aromatic carbocycles. The Balaban J connectivity index is 2.44. The van der Waals surface area contributed by atoms with Crippen LogP contribution in [0.3, 0.4) is 0 Å². The molecule has 1 N–H and O–H groups in total. The first kappa shape index (κ1) is 13.2. The van der Waals surface area contributed by atoms with Crippen molar-refractivity contribution in [1.29, 1.82) is 0 Å². The van der Waals surface area contributed by atoms with Gasteiger partial charge in [0.25, 0.3) is 0 Å². The van der Waals surface area contributed by atoms with E-state index in [9.17, 15) is 4.79 Å². The molecular formula is C12H18BNO4. The van der Waals surface area contributed by atoms with Crippen LogP contribution in [-0.2, 0) is 9.31 Å². The second-order valence-electron chi connectivity index (χ2n) is 5.38. The minimum absolute atomic E-state index is 0.163. The Bertz CT molecular complexity index is 493. The molecule has 0 aliphatic carbocycles. The smallest absolute Gasteiger partial charge is 0.482 e. The molecular weight excluding hydrogens is 233 g/mol. The van der Waals surface area contributed by atoms with Crippen molar-refractivity contribution in [3.05, 3.63) is 22.5 Å². The van der Waals surface area contributed by atoms with Gasteiger partial charge in [0.1, 0.15) is 0 Å². The molecule has 2 heterocycles. The van der Waals surface area contributed by atoms with Gasteiger partial charge < -0.3 is 19.0 Å². The van der Waals surface area contributed by atoms with Crippen molar-refractivity contribution in [2.24, 2.45) is 0 Å². The van der Waals surface area contributed by atoms with Crippen molar-refractivity contribution in [1.82, 2.24) is 4.98 Å². The average Bonchev–Trinajstić information content (AvgIpc) is 2.47. The van der Waals surface area contributed by atoms with Crippen molar-refractivity contribution < 1.29 is 14.0 Å². The van der Waals surface area contributed by atoms with E-state index in [1.54, 1.807) is 0 Å². The fourth-order valence-corrected chi connectivity index (χ4v) is 1.83. The van der Waals surface area contributed by atoms with E-state index in [4.69, 9.17) is 14.0 Å². The summed E-state index contributed by atoms with van der Waals surface area (Å²) in [5, 5.41) is 0. The first-order valence-electron chi connectivity index (χ1n) is 5.90. The molecule has 1 aliphatic heterocycles. The third-order valence-electron chi connectivity index (χ3n) is 3.65. The van der Waals surface area contributed by atoms with E-state index in [1.165, 1.54) is 19.4 Å². The molecule has 0 saturated carbocycles. The number of ether oxygens (including phenoxy) is 1. The molecule has 0 atom stereocenters. The largest absolute Gasteiger partial charge is 0.504 e. The van der Waals surface area contributed by atoms with E-state index < -0.39 is 18.3 Å². The highest BCUT2D eigenvalue weighted by atomic mass is 16.7. The van der Waals surface area contributed by atoms with Gasteiger partial charge in [0.15, 0.2) is 11.3 Å². The molecule has 6 heteroatoms. The minimum atomic E-state index is -0.713. The third-order valence-corrected chi connectivity index (χ3v) is 3.65. The summed E-state index contributed by atoms with van der Waals surface area (Å²) in [6.45, 7) is 7.76. The summed E-state index contributed by atoms with van der Waals surface area (Å²) in [7, 11) is 0.787. The standard InChI is InChI=1S/C12H18BNO4/c1-11(2)12(3,4)18-13(17-11)9-8(15)6-7-14-10(9)16-5/h6-7H,1-5H3,(H,14,15). The molecule has 1 aliphatic rings. The molecule has 0 bridgehead atoms. The Hall–Kier alpha value is -1.27. The van der Waals surface area contributed by atoms with Crippen LogP contribution in [0.15, 0.2) is 17.1 Å². The normalized spacial score (nSPS) is 21.1. The van der Waals surface area contributed by atoms with Crippen molar-refractivity contribution in [2.45, 2.75) is 38.9 Å². The van der Waals surface area contributed by atoms with Crippen LogP contribution in [0.4, 0.5) is 0 Å². The van der Waals surface area contributed by atoms with Gasteiger partial charge in [-0.25, -0.2) is 0 Å². The molecule has 1 fully saturated rings. The number of aromatic nitrogens is 1. The zero-order valence-electron chi connectivity index (χ0n) is 11.4. The first-order chi connectivity index (χ1) is 8.28. The molecule has 2 rings (SSSR count). The van der Waals surface area contributed by atoms with Crippen LogP contribution in [0.25, 0.3) is 0 Å². The zero-order valence-corrected chi connectivity index (χ0v) is 11.4. The second-order valence-corrected chi connectivity index (χ2v) is 5.38. The lowest BCUT2D eigenvalue weighted by Gasteiger charge is -2.32. The van der Waals surface area contributed by atoms with Gasteiger partial charge in [0, 0.05) is 12.3 Å². The van der Waals surface area contributed by atoms with Crippen LogP contribution in [0, 0.1) is 0 Å². The monoisotopic (exact) mass is 251 g/mol. The average molecular weight is 251 g/mol. The topological polar surface area (TPSA) is 60.6 Å². The Kier molecular flexibility index (Phi) is 3.03. The number of hydrogen-bond acceptors (Lipinski definition) is 4. The predicted octanol–water partition coefficient (Wildman–Crippen LogP) is 0.683. The number of H-pyrrole nitrogens is 1. The van der Waals surface area contributed by atoms with Gasteiger partial charge in [-0.2, -0.15) is 0 Å². The van der Waals surface area contributed by atoms with E-state index >= 15 is 0 Å². The van der Waals surface area contributed by atoms with E-state index in [0.717, 1.165) is 0 Å². The highest BCUT2D eigenvalue weighted by Gasteiger charge is 2.53. The van der Waals surface area contributed by atoms with E-state index in [1.807, 2.05) is 27.7 Å². The maximum Gasteiger partial charge on any atom is 0.504 e. The van der Waals surface area contributed by atoms with Gasteiger partial charge in [0.2, 0.25) is 0 Å². The van der Waals surface area contributed by atoms with E-state index in [-0.39, 0.29) is 5.43 Å². The Morgan fingerprint density at radius 1 is 1.22 bits per heavy atom. The summed E-state index contributed by atoms with van der Waals surface area (Å²) in [4.78, 5) is 14.8. The van der Waals surface area contributed by atoms with Crippen LogP contribution in [0.1, 0.15) is 27.7 Å². The van der Waals surface area contributed by atoms with Crippen molar-refractivity contribution in [3.8, 4) is 5.88 Å². The summed E-state index contributed by atoms with van der Waals surface area (Å²) in [5.41, 5.74) is -0.752. The van der Waals surface area contributed by atoms with Gasteiger partial charge >= 0.3 is 7.12 Å². The van der Waals surface area contributed by atoms with Gasteiger partial charge in [-0.15, -0.1) is 0 Å². The van der Waals surface area contributed by atoms with Crippen LogP contribution < -0.4 is 15.6 Å². The van der Waals surface area contributed by atoms with Crippen LogP contribution >= 0.6 is 0 Å². The second kappa shape index (κ2) is 4.14. The van der Waals surface area contributed by atoms with E-state index in [2.05, 4.69) is 4.98 Å². The SMILES string of the molecule is COc1[nH]ccc(=O)c1B1OC(C)(C)C(C)(C)O1. The van der Waals surface area contributed by atoms with Crippen LogP contribution in [0.2, 0.25) is 0 Å². The quantitative estimate of drug-likeness (QED) is 0.785. The Morgan fingerprint density at radius 2 is 1.78 bits per heavy atom. The molecule has 0 unspecified atom stereocenters. The number of hydrogen-bond donors (Lipinski definition) is 1. The molecule has 1 aromatic rings. The summed E-state index contributed by atoms with van der Waals surface area (Å²) in [5.74, 6) is 0.376. The first-order valence-corrected chi connectivity index (χ1v) is 5.90. The Morgan fingerprint density at radius 3 is 2.28 bits per heavy atom. The van der Waals surface area contributed by atoms with Gasteiger partial charge in [0.05, 0.1) is 23.8 Å². The highest BCUT2D eigenvalue weighted by Crippen LogP contribution is 2.36. The molecule has 5 nitrogen and oxygen atoms in total. The number of nitrogens with one attached hydrogen (secondary N) is 1. The summed E-state index contributed by atoms with van der Waals surface area (Å²) >= 11 is 0. The number of rotatable bonds is 2. The molecule has 18 heavy (non-hydrogen) atoms. The molecule has 1 aromatic heterocycles. The predicted molar refractivity (Wildman–Crippen MR) is 69.3 cm³/mol. The van der Waals surface area contributed by atoms with Gasteiger partial charge in [-0.3, -0.25) is 4.79 Å². The molecule has 0 radical (unpaired) electrons. The van der Waals surface area contributed by atoms with Crippen molar-refractivity contribution in [2.75, 3.05) is 7.11 Å².